The number of ether oxygens (including phenoxy) is 1. The maximum atomic E-state index is 11.8. The second-order valence-electron chi connectivity index (χ2n) is 4.89. The van der Waals surface area contributed by atoms with Crippen molar-refractivity contribution >= 4 is 40.7 Å². The number of carbonyl (C=O) groups is 1. The van der Waals surface area contributed by atoms with Crippen LogP contribution in [-0.2, 0) is 4.79 Å². The first kappa shape index (κ1) is 17.4. The molecular formula is C13H16Cl3NO3. The summed E-state index contributed by atoms with van der Waals surface area (Å²) in [6.07, 6.45) is 0.451. The molecule has 0 aromatic heterocycles. The fraction of sp³-hybridized carbons (Fsp3) is 0.462. The molecule has 1 aromatic carbocycles. The molecule has 0 bridgehead atoms. The van der Waals surface area contributed by atoms with Crippen molar-refractivity contribution in [2.75, 3.05) is 13.2 Å². The van der Waals surface area contributed by atoms with Gasteiger partial charge in [-0.2, -0.15) is 0 Å². The van der Waals surface area contributed by atoms with E-state index in [-0.39, 0.29) is 29.9 Å². The van der Waals surface area contributed by atoms with Crippen LogP contribution in [0.15, 0.2) is 12.1 Å². The number of amides is 1. The molecule has 0 saturated heterocycles. The molecule has 0 fully saturated rings. The number of hydrogen-bond donors (Lipinski definition) is 2. The Morgan fingerprint density at radius 1 is 1.25 bits per heavy atom. The van der Waals surface area contributed by atoms with Crippen LogP contribution in [0.1, 0.15) is 20.3 Å². The molecule has 0 aliphatic heterocycles. The van der Waals surface area contributed by atoms with E-state index in [0.717, 1.165) is 0 Å². The summed E-state index contributed by atoms with van der Waals surface area (Å²) >= 11 is 17.6. The Morgan fingerprint density at radius 2 is 1.85 bits per heavy atom. The zero-order chi connectivity index (χ0) is 15.3. The third kappa shape index (κ3) is 5.37. The number of rotatable bonds is 6. The highest BCUT2D eigenvalue weighted by molar-refractivity contribution is 6.43. The van der Waals surface area contributed by atoms with Crippen LogP contribution in [0.3, 0.4) is 0 Å². The van der Waals surface area contributed by atoms with E-state index in [1.807, 2.05) is 13.8 Å². The summed E-state index contributed by atoms with van der Waals surface area (Å²) in [6.45, 7) is 3.42. The molecule has 0 aliphatic carbocycles. The van der Waals surface area contributed by atoms with Gasteiger partial charge in [0.15, 0.2) is 6.61 Å². The third-order valence-electron chi connectivity index (χ3n) is 2.55. The first-order chi connectivity index (χ1) is 9.25. The second kappa shape index (κ2) is 7.36. The fourth-order valence-electron chi connectivity index (χ4n) is 1.51. The van der Waals surface area contributed by atoms with E-state index < -0.39 is 5.54 Å². The molecule has 7 heteroatoms. The highest BCUT2D eigenvalue weighted by atomic mass is 35.5. The molecule has 0 spiro atoms. The van der Waals surface area contributed by atoms with Gasteiger partial charge in [-0.15, -0.1) is 0 Å². The summed E-state index contributed by atoms with van der Waals surface area (Å²) in [6, 6.07) is 2.91. The standard InChI is InChI=1S/C13H16Cl3NO3/c1-13(2,3-4-18)17-12(19)7-20-11-6-9(15)8(14)5-10(11)16/h5-6,18H,3-4,7H2,1-2H3,(H,17,19). The van der Waals surface area contributed by atoms with Crippen molar-refractivity contribution in [3.05, 3.63) is 27.2 Å². The van der Waals surface area contributed by atoms with Crippen molar-refractivity contribution in [2.45, 2.75) is 25.8 Å². The van der Waals surface area contributed by atoms with Gasteiger partial charge in [-0.25, -0.2) is 0 Å². The third-order valence-corrected chi connectivity index (χ3v) is 3.57. The summed E-state index contributed by atoms with van der Waals surface area (Å²) in [4.78, 5) is 11.8. The van der Waals surface area contributed by atoms with Crippen LogP contribution in [0.5, 0.6) is 5.75 Å². The molecule has 0 atom stereocenters. The van der Waals surface area contributed by atoms with Crippen molar-refractivity contribution in [3.8, 4) is 5.75 Å². The van der Waals surface area contributed by atoms with Gasteiger partial charge in [0.1, 0.15) is 5.75 Å². The molecule has 0 radical (unpaired) electrons. The first-order valence-electron chi connectivity index (χ1n) is 5.94. The van der Waals surface area contributed by atoms with E-state index in [2.05, 4.69) is 5.32 Å². The molecule has 1 amide bonds. The van der Waals surface area contributed by atoms with Crippen LogP contribution < -0.4 is 10.1 Å². The summed E-state index contributed by atoms with van der Waals surface area (Å²) in [5.41, 5.74) is -0.503. The number of aliphatic hydroxyl groups is 1. The van der Waals surface area contributed by atoms with E-state index in [1.54, 1.807) is 0 Å². The Hall–Kier alpha value is -0.680. The SMILES string of the molecule is CC(C)(CCO)NC(=O)COc1cc(Cl)c(Cl)cc1Cl. The predicted molar refractivity (Wildman–Crippen MR) is 80.9 cm³/mol. The van der Waals surface area contributed by atoms with Crippen LogP contribution in [0.4, 0.5) is 0 Å². The summed E-state index contributed by atoms with van der Waals surface area (Å²) in [5, 5.41) is 12.5. The Kier molecular flexibility index (Phi) is 6.40. The molecule has 1 rings (SSSR count). The van der Waals surface area contributed by atoms with E-state index in [4.69, 9.17) is 44.6 Å². The average molecular weight is 341 g/mol. The lowest BCUT2D eigenvalue weighted by atomic mass is 10.0. The van der Waals surface area contributed by atoms with Crippen molar-refractivity contribution in [3.63, 3.8) is 0 Å². The fourth-order valence-corrected chi connectivity index (χ4v) is 2.11. The highest BCUT2D eigenvalue weighted by Gasteiger charge is 2.20. The molecule has 1 aromatic rings. The van der Waals surface area contributed by atoms with Crippen LogP contribution in [-0.4, -0.2) is 29.8 Å². The first-order valence-corrected chi connectivity index (χ1v) is 7.08. The molecule has 0 heterocycles. The molecule has 20 heavy (non-hydrogen) atoms. The van der Waals surface area contributed by atoms with Gasteiger partial charge >= 0.3 is 0 Å². The maximum Gasteiger partial charge on any atom is 0.258 e. The largest absolute Gasteiger partial charge is 0.482 e. The van der Waals surface area contributed by atoms with E-state index in [1.165, 1.54) is 12.1 Å². The van der Waals surface area contributed by atoms with Gasteiger partial charge in [0, 0.05) is 18.2 Å². The van der Waals surface area contributed by atoms with Crippen molar-refractivity contribution in [2.24, 2.45) is 0 Å². The summed E-state index contributed by atoms with van der Waals surface area (Å²) in [7, 11) is 0. The van der Waals surface area contributed by atoms with Crippen molar-refractivity contribution < 1.29 is 14.6 Å². The number of halogens is 3. The summed E-state index contributed by atoms with van der Waals surface area (Å²) in [5.74, 6) is -0.0261. The normalized spacial score (nSPS) is 11.3. The summed E-state index contributed by atoms with van der Waals surface area (Å²) < 4.78 is 5.31. The number of nitrogens with one attached hydrogen (secondary N) is 1. The van der Waals surface area contributed by atoms with E-state index in [0.29, 0.717) is 16.5 Å². The van der Waals surface area contributed by atoms with Gasteiger partial charge < -0.3 is 15.2 Å². The van der Waals surface area contributed by atoms with Crippen LogP contribution in [0.2, 0.25) is 15.1 Å². The smallest absolute Gasteiger partial charge is 0.258 e. The Morgan fingerprint density at radius 3 is 2.45 bits per heavy atom. The molecule has 0 unspecified atom stereocenters. The minimum atomic E-state index is -0.503. The molecular weight excluding hydrogens is 325 g/mol. The minimum absolute atomic E-state index is 0.00718. The maximum absolute atomic E-state index is 11.8. The van der Waals surface area contributed by atoms with Gasteiger partial charge in [-0.05, 0) is 26.3 Å². The Labute approximate surface area is 133 Å². The van der Waals surface area contributed by atoms with Gasteiger partial charge in [0.2, 0.25) is 0 Å². The zero-order valence-corrected chi connectivity index (χ0v) is 13.4. The van der Waals surface area contributed by atoms with E-state index >= 15 is 0 Å². The molecule has 112 valence electrons. The van der Waals surface area contributed by atoms with Gasteiger partial charge in [0.25, 0.3) is 5.91 Å². The van der Waals surface area contributed by atoms with Crippen molar-refractivity contribution in [1.29, 1.82) is 0 Å². The predicted octanol–water partition coefficient (Wildman–Crippen LogP) is 3.30. The zero-order valence-electron chi connectivity index (χ0n) is 11.2. The molecule has 2 N–H and O–H groups in total. The number of hydrogen-bond acceptors (Lipinski definition) is 3. The number of aliphatic hydroxyl groups excluding tert-OH is 1. The van der Waals surface area contributed by atoms with E-state index in [9.17, 15) is 4.79 Å². The topological polar surface area (TPSA) is 58.6 Å². The quantitative estimate of drug-likeness (QED) is 0.781. The number of benzene rings is 1. The average Bonchev–Trinajstić information content (AvgIpc) is 2.31. The lowest BCUT2D eigenvalue weighted by Crippen LogP contribution is -2.46. The lowest BCUT2D eigenvalue weighted by molar-refractivity contribution is -0.124. The number of carbonyl (C=O) groups excluding carboxylic acids is 1. The molecule has 4 nitrogen and oxygen atoms in total. The van der Waals surface area contributed by atoms with Crippen molar-refractivity contribution in [1.82, 2.24) is 5.32 Å². The van der Waals surface area contributed by atoms with Crippen LogP contribution in [0.25, 0.3) is 0 Å². The Balaban J connectivity index is 2.59. The Bertz CT molecular complexity index is 492. The van der Waals surface area contributed by atoms with Gasteiger partial charge in [0.05, 0.1) is 15.1 Å². The van der Waals surface area contributed by atoms with Crippen LogP contribution in [0, 0.1) is 0 Å². The monoisotopic (exact) mass is 339 g/mol. The highest BCUT2D eigenvalue weighted by Crippen LogP contribution is 2.33. The second-order valence-corrected chi connectivity index (χ2v) is 6.11. The molecule has 0 saturated carbocycles. The van der Waals surface area contributed by atoms with Gasteiger partial charge in [-0.3, -0.25) is 4.79 Å². The molecule has 0 aliphatic rings. The van der Waals surface area contributed by atoms with Gasteiger partial charge in [-0.1, -0.05) is 34.8 Å². The lowest BCUT2D eigenvalue weighted by Gasteiger charge is -2.25. The van der Waals surface area contributed by atoms with Crippen LogP contribution >= 0.6 is 34.8 Å². The minimum Gasteiger partial charge on any atom is -0.482 e.